The van der Waals surface area contributed by atoms with Gasteiger partial charge in [0.1, 0.15) is 5.03 Å². The van der Waals surface area contributed by atoms with Crippen LogP contribution in [0, 0.1) is 13.8 Å². The lowest BCUT2D eigenvalue weighted by Gasteiger charge is -2.09. The van der Waals surface area contributed by atoms with Gasteiger partial charge < -0.3 is 9.84 Å². The molecule has 104 valence electrons. The number of aromatic nitrogens is 2. The Labute approximate surface area is 121 Å². The van der Waals surface area contributed by atoms with Gasteiger partial charge in [0.25, 0.3) is 0 Å². The number of aryl methyl sites for hydroxylation is 2. The smallest absolute Gasteiger partial charge is 0.338 e. The van der Waals surface area contributed by atoms with Crippen molar-refractivity contribution in [2.45, 2.75) is 23.8 Å². The predicted molar refractivity (Wildman–Crippen MR) is 75.6 cm³/mol. The van der Waals surface area contributed by atoms with Gasteiger partial charge in [-0.2, -0.15) is 0 Å². The third-order valence-corrected chi connectivity index (χ3v) is 3.63. The van der Waals surface area contributed by atoms with E-state index in [0.717, 1.165) is 10.6 Å². The molecule has 0 fully saturated rings. The average molecular weight is 290 g/mol. The van der Waals surface area contributed by atoms with E-state index in [1.54, 1.807) is 31.3 Å². The zero-order chi connectivity index (χ0) is 14.7. The third kappa shape index (κ3) is 3.08. The lowest BCUT2D eigenvalue weighted by Crippen LogP contribution is -2.05. The minimum atomic E-state index is -0.974. The Bertz CT molecular complexity index is 659. The zero-order valence-corrected chi connectivity index (χ0v) is 12.2. The number of nitrogens with zero attached hydrogens (tertiary/aromatic N) is 2. The molecule has 0 spiro atoms. The van der Waals surface area contributed by atoms with Crippen LogP contribution in [0.15, 0.2) is 34.3 Å². The van der Waals surface area contributed by atoms with Gasteiger partial charge in [0.15, 0.2) is 0 Å². The molecule has 0 radical (unpaired) electrons. The van der Waals surface area contributed by atoms with Crippen LogP contribution in [0.2, 0.25) is 0 Å². The van der Waals surface area contributed by atoms with Crippen LogP contribution in [0.3, 0.4) is 0 Å². The maximum Gasteiger partial charge on any atom is 0.338 e. The van der Waals surface area contributed by atoms with Crippen LogP contribution < -0.4 is 4.74 Å². The lowest BCUT2D eigenvalue weighted by atomic mass is 10.1. The second kappa shape index (κ2) is 5.92. The molecule has 0 aromatic carbocycles. The van der Waals surface area contributed by atoms with Gasteiger partial charge >= 0.3 is 5.97 Å². The van der Waals surface area contributed by atoms with Crippen LogP contribution in [0.4, 0.5) is 0 Å². The first-order chi connectivity index (χ1) is 9.51. The highest BCUT2D eigenvalue weighted by atomic mass is 32.2. The van der Waals surface area contributed by atoms with Gasteiger partial charge in [0.2, 0.25) is 5.88 Å². The molecule has 2 heterocycles. The number of hydrogen-bond acceptors (Lipinski definition) is 5. The van der Waals surface area contributed by atoms with Gasteiger partial charge in [-0.1, -0.05) is 11.8 Å². The van der Waals surface area contributed by atoms with Crippen molar-refractivity contribution in [2.24, 2.45) is 0 Å². The molecule has 0 saturated heterocycles. The van der Waals surface area contributed by atoms with Gasteiger partial charge in [-0.25, -0.2) is 14.8 Å². The zero-order valence-electron chi connectivity index (χ0n) is 11.4. The summed E-state index contributed by atoms with van der Waals surface area (Å²) in [5.41, 5.74) is 1.72. The molecule has 2 aromatic rings. The summed E-state index contributed by atoms with van der Waals surface area (Å²) in [6.45, 7) is 3.62. The van der Waals surface area contributed by atoms with E-state index in [1.165, 1.54) is 18.9 Å². The Kier molecular flexibility index (Phi) is 4.24. The van der Waals surface area contributed by atoms with E-state index >= 15 is 0 Å². The summed E-state index contributed by atoms with van der Waals surface area (Å²) in [5.74, 6) is -0.491. The Morgan fingerprint density at radius 2 is 2.10 bits per heavy atom. The van der Waals surface area contributed by atoms with Crippen LogP contribution in [0.5, 0.6) is 5.88 Å². The summed E-state index contributed by atoms with van der Waals surface area (Å²) in [6, 6.07) is 5.30. The molecule has 0 aliphatic heterocycles. The molecule has 0 aliphatic carbocycles. The number of pyridine rings is 2. The van der Waals surface area contributed by atoms with Crippen molar-refractivity contribution < 1.29 is 14.6 Å². The standard InChI is InChI=1S/C14H14N2O3S/c1-8-6-9(2)16-13(12(8)14(17)18)20-10-4-5-15-11(7-10)19-3/h4-7H,1-3H3,(H,17,18). The largest absolute Gasteiger partial charge is 0.481 e. The highest BCUT2D eigenvalue weighted by molar-refractivity contribution is 7.99. The van der Waals surface area contributed by atoms with Crippen molar-refractivity contribution in [3.05, 3.63) is 41.2 Å². The van der Waals surface area contributed by atoms with E-state index in [2.05, 4.69) is 9.97 Å². The molecule has 0 aliphatic rings. The molecule has 2 rings (SSSR count). The fourth-order valence-corrected chi connectivity index (χ4v) is 2.87. The average Bonchev–Trinajstić information content (AvgIpc) is 2.37. The highest BCUT2D eigenvalue weighted by Crippen LogP contribution is 2.31. The quantitative estimate of drug-likeness (QED) is 0.933. The van der Waals surface area contributed by atoms with Gasteiger partial charge in [0, 0.05) is 22.9 Å². The van der Waals surface area contributed by atoms with Crippen LogP contribution in [0.1, 0.15) is 21.6 Å². The summed E-state index contributed by atoms with van der Waals surface area (Å²) in [6.07, 6.45) is 1.62. The number of rotatable bonds is 4. The molecule has 2 aromatic heterocycles. The number of hydrogen-bond donors (Lipinski definition) is 1. The van der Waals surface area contributed by atoms with Crippen molar-refractivity contribution in [2.75, 3.05) is 7.11 Å². The first kappa shape index (κ1) is 14.3. The number of aromatic carboxylic acids is 1. The Morgan fingerprint density at radius 1 is 1.35 bits per heavy atom. The highest BCUT2D eigenvalue weighted by Gasteiger charge is 2.17. The second-order valence-electron chi connectivity index (χ2n) is 4.20. The Hall–Kier alpha value is -2.08. The SMILES string of the molecule is COc1cc(Sc2nc(C)cc(C)c2C(=O)O)ccn1. The first-order valence-electron chi connectivity index (χ1n) is 5.90. The molecule has 5 nitrogen and oxygen atoms in total. The van der Waals surface area contributed by atoms with E-state index < -0.39 is 5.97 Å². The van der Waals surface area contributed by atoms with Gasteiger partial charge in [-0.15, -0.1) is 0 Å². The maximum absolute atomic E-state index is 11.4. The maximum atomic E-state index is 11.4. The lowest BCUT2D eigenvalue weighted by molar-refractivity contribution is 0.0691. The first-order valence-corrected chi connectivity index (χ1v) is 6.72. The number of ether oxygens (including phenoxy) is 1. The molecule has 0 bridgehead atoms. The van der Waals surface area contributed by atoms with Gasteiger partial charge in [-0.3, -0.25) is 0 Å². The third-order valence-electron chi connectivity index (χ3n) is 2.66. The minimum absolute atomic E-state index is 0.233. The monoisotopic (exact) mass is 290 g/mol. The summed E-state index contributed by atoms with van der Waals surface area (Å²) >= 11 is 1.29. The topological polar surface area (TPSA) is 72.3 Å². The van der Waals surface area contributed by atoms with E-state index in [9.17, 15) is 9.90 Å². The molecule has 20 heavy (non-hydrogen) atoms. The number of methoxy groups -OCH3 is 1. The summed E-state index contributed by atoms with van der Waals surface area (Å²) < 4.78 is 5.06. The second-order valence-corrected chi connectivity index (χ2v) is 5.26. The van der Waals surface area contributed by atoms with E-state index in [1.807, 2.05) is 6.92 Å². The van der Waals surface area contributed by atoms with E-state index in [0.29, 0.717) is 16.5 Å². The Balaban J connectivity index is 2.44. The van der Waals surface area contributed by atoms with Crippen molar-refractivity contribution in [1.29, 1.82) is 0 Å². The number of carboxylic acids is 1. The molecular formula is C14H14N2O3S. The summed E-state index contributed by atoms with van der Waals surface area (Å²) in [7, 11) is 1.54. The molecule has 1 N–H and O–H groups in total. The van der Waals surface area contributed by atoms with Crippen molar-refractivity contribution in [1.82, 2.24) is 9.97 Å². The van der Waals surface area contributed by atoms with Gasteiger partial charge in [-0.05, 0) is 31.5 Å². The molecule has 0 amide bonds. The van der Waals surface area contributed by atoms with Crippen molar-refractivity contribution in [3.63, 3.8) is 0 Å². The van der Waals surface area contributed by atoms with Gasteiger partial charge in [0.05, 0.1) is 12.7 Å². The minimum Gasteiger partial charge on any atom is -0.481 e. The van der Waals surface area contributed by atoms with Crippen LogP contribution >= 0.6 is 11.8 Å². The molecule has 0 unspecified atom stereocenters. The predicted octanol–water partition coefficient (Wildman–Crippen LogP) is 2.95. The van der Waals surface area contributed by atoms with E-state index in [-0.39, 0.29) is 5.56 Å². The fourth-order valence-electron chi connectivity index (χ4n) is 1.81. The van der Waals surface area contributed by atoms with Crippen molar-refractivity contribution >= 4 is 17.7 Å². The Morgan fingerprint density at radius 3 is 2.75 bits per heavy atom. The van der Waals surface area contributed by atoms with E-state index in [4.69, 9.17) is 4.74 Å². The normalized spacial score (nSPS) is 10.3. The number of carbonyl (C=O) groups is 1. The van der Waals surface area contributed by atoms with Crippen molar-refractivity contribution in [3.8, 4) is 5.88 Å². The summed E-state index contributed by atoms with van der Waals surface area (Å²) in [4.78, 5) is 20.6. The molecule has 6 heteroatoms. The van der Waals surface area contributed by atoms with Crippen LogP contribution in [0.25, 0.3) is 0 Å². The number of carboxylic acid groups (broad SMARTS) is 1. The molecule has 0 saturated carbocycles. The van der Waals surface area contributed by atoms with Crippen LogP contribution in [-0.4, -0.2) is 28.2 Å². The molecule has 0 atom stereocenters. The fraction of sp³-hybridized carbons (Fsp3) is 0.214. The molecular weight excluding hydrogens is 276 g/mol. The van der Waals surface area contributed by atoms with Crippen LogP contribution in [-0.2, 0) is 0 Å². The summed E-state index contributed by atoms with van der Waals surface area (Å²) in [5, 5.41) is 9.80.